The van der Waals surface area contributed by atoms with Crippen LogP contribution < -0.4 is 11.1 Å². The van der Waals surface area contributed by atoms with Crippen LogP contribution in [0.1, 0.15) is 11.1 Å². The topological polar surface area (TPSA) is 82.2 Å². The Balaban J connectivity index is 1.67. The number of nitrogens with zero attached hydrogens (tertiary/aromatic N) is 2. The van der Waals surface area contributed by atoms with E-state index in [4.69, 9.17) is 10.5 Å². The molecular formula is C15H20N4O2. The predicted molar refractivity (Wildman–Crippen MR) is 79.5 cm³/mol. The number of benzene rings is 1. The van der Waals surface area contributed by atoms with Crippen LogP contribution in [0.25, 0.3) is 0 Å². The van der Waals surface area contributed by atoms with Crippen molar-refractivity contribution in [2.24, 2.45) is 5.73 Å². The fourth-order valence-corrected chi connectivity index (χ4v) is 1.90. The van der Waals surface area contributed by atoms with E-state index in [-0.39, 0.29) is 6.61 Å². The van der Waals surface area contributed by atoms with Gasteiger partial charge in [0.15, 0.2) is 0 Å². The molecule has 0 saturated carbocycles. The molecule has 0 fully saturated rings. The number of ether oxygens (including phenoxy) is 1. The van der Waals surface area contributed by atoms with Gasteiger partial charge in [-0.3, -0.25) is 9.48 Å². The molecule has 2 aromatic rings. The van der Waals surface area contributed by atoms with E-state index in [0.29, 0.717) is 19.7 Å². The Morgan fingerprint density at radius 1 is 1.29 bits per heavy atom. The molecule has 112 valence electrons. The van der Waals surface area contributed by atoms with Crippen molar-refractivity contribution in [3.8, 4) is 0 Å². The van der Waals surface area contributed by atoms with Crippen molar-refractivity contribution in [3.05, 3.63) is 53.9 Å². The molecule has 0 aliphatic carbocycles. The second-order valence-corrected chi connectivity index (χ2v) is 4.73. The van der Waals surface area contributed by atoms with E-state index in [1.165, 1.54) is 5.56 Å². The van der Waals surface area contributed by atoms with Gasteiger partial charge in [0.25, 0.3) is 0 Å². The molecule has 0 bridgehead atoms. The average molecular weight is 288 g/mol. The lowest BCUT2D eigenvalue weighted by Crippen LogP contribution is -2.23. The van der Waals surface area contributed by atoms with Crippen molar-refractivity contribution in [3.63, 3.8) is 0 Å². The Bertz CT molecular complexity index is 554. The summed E-state index contributed by atoms with van der Waals surface area (Å²) >= 11 is 0. The summed E-state index contributed by atoms with van der Waals surface area (Å²) in [6, 6.07) is 10.2. The number of nitrogens with two attached hydrogens (primary N) is 1. The Morgan fingerprint density at radius 3 is 2.86 bits per heavy atom. The molecule has 0 radical (unpaired) electrons. The van der Waals surface area contributed by atoms with Crippen molar-refractivity contribution in [2.45, 2.75) is 13.1 Å². The first kappa shape index (κ1) is 15.2. The lowest BCUT2D eigenvalue weighted by Gasteiger charge is -2.03. The van der Waals surface area contributed by atoms with E-state index in [9.17, 15) is 4.79 Å². The highest BCUT2D eigenvalue weighted by molar-refractivity contribution is 5.74. The largest absolute Gasteiger partial charge is 0.370 e. The van der Waals surface area contributed by atoms with Crippen LogP contribution in [0.4, 0.5) is 0 Å². The van der Waals surface area contributed by atoms with Crippen LogP contribution in [0.15, 0.2) is 42.7 Å². The van der Waals surface area contributed by atoms with E-state index in [0.717, 1.165) is 12.1 Å². The highest BCUT2D eigenvalue weighted by Crippen LogP contribution is 2.03. The number of carbonyl (C=O) groups excluding carboxylic acids is 1. The van der Waals surface area contributed by atoms with Gasteiger partial charge in [0.1, 0.15) is 6.61 Å². The number of rotatable bonds is 9. The lowest BCUT2D eigenvalue weighted by atomic mass is 10.2. The van der Waals surface area contributed by atoms with Gasteiger partial charge in [-0.15, -0.1) is 0 Å². The summed E-state index contributed by atoms with van der Waals surface area (Å²) in [7, 11) is 0. The molecule has 0 atom stereocenters. The quantitative estimate of drug-likeness (QED) is 0.659. The zero-order valence-corrected chi connectivity index (χ0v) is 11.9. The fraction of sp³-hybridized carbons (Fsp3) is 0.333. The van der Waals surface area contributed by atoms with E-state index in [1.54, 1.807) is 0 Å². The van der Waals surface area contributed by atoms with Crippen molar-refractivity contribution in [2.75, 3.05) is 19.8 Å². The molecule has 0 unspecified atom stereocenters. The first-order valence-corrected chi connectivity index (χ1v) is 6.86. The highest BCUT2D eigenvalue weighted by Gasteiger charge is 2.00. The maximum absolute atomic E-state index is 10.5. The fourth-order valence-electron chi connectivity index (χ4n) is 1.90. The number of hydrogen-bond acceptors (Lipinski definition) is 4. The number of hydrogen-bond donors (Lipinski definition) is 2. The van der Waals surface area contributed by atoms with Crippen LogP contribution in [0, 0.1) is 0 Å². The minimum Gasteiger partial charge on any atom is -0.370 e. The van der Waals surface area contributed by atoms with Gasteiger partial charge in [0, 0.05) is 24.8 Å². The van der Waals surface area contributed by atoms with E-state index < -0.39 is 5.91 Å². The molecule has 0 saturated heterocycles. The Kier molecular flexibility index (Phi) is 5.93. The summed E-state index contributed by atoms with van der Waals surface area (Å²) in [6.07, 6.45) is 3.87. The molecule has 2 rings (SSSR count). The smallest absolute Gasteiger partial charge is 0.243 e. The van der Waals surface area contributed by atoms with Gasteiger partial charge in [-0.2, -0.15) is 5.10 Å². The molecule has 1 amide bonds. The van der Waals surface area contributed by atoms with Gasteiger partial charge >= 0.3 is 0 Å². The second-order valence-electron chi connectivity index (χ2n) is 4.73. The zero-order chi connectivity index (χ0) is 14.9. The molecule has 1 aromatic carbocycles. The van der Waals surface area contributed by atoms with Crippen molar-refractivity contribution >= 4 is 5.91 Å². The lowest BCUT2D eigenvalue weighted by molar-refractivity contribution is -0.122. The molecule has 6 heteroatoms. The Labute approximate surface area is 123 Å². The van der Waals surface area contributed by atoms with Crippen molar-refractivity contribution in [1.82, 2.24) is 15.1 Å². The molecule has 6 nitrogen and oxygen atoms in total. The van der Waals surface area contributed by atoms with Crippen LogP contribution in [-0.2, 0) is 22.6 Å². The molecule has 1 heterocycles. The minimum absolute atomic E-state index is 0.0311. The van der Waals surface area contributed by atoms with Crippen LogP contribution >= 0.6 is 0 Å². The Morgan fingerprint density at radius 2 is 2.10 bits per heavy atom. The summed E-state index contributed by atoms with van der Waals surface area (Å²) in [4.78, 5) is 10.5. The maximum atomic E-state index is 10.5. The number of primary amides is 1. The van der Waals surface area contributed by atoms with Gasteiger partial charge in [0.2, 0.25) is 5.91 Å². The molecule has 0 aliphatic rings. The van der Waals surface area contributed by atoms with E-state index in [2.05, 4.69) is 22.5 Å². The maximum Gasteiger partial charge on any atom is 0.243 e. The minimum atomic E-state index is -0.447. The average Bonchev–Trinajstić information content (AvgIpc) is 2.91. The first-order chi connectivity index (χ1) is 10.2. The molecular weight excluding hydrogens is 268 g/mol. The van der Waals surface area contributed by atoms with Crippen molar-refractivity contribution in [1.29, 1.82) is 0 Å². The zero-order valence-electron chi connectivity index (χ0n) is 11.9. The SMILES string of the molecule is NC(=O)COCCNCc1cnn(Cc2ccccc2)c1. The van der Waals surface area contributed by atoms with E-state index >= 15 is 0 Å². The molecule has 21 heavy (non-hydrogen) atoms. The van der Waals surface area contributed by atoms with E-state index in [1.807, 2.05) is 35.3 Å². The summed E-state index contributed by atoms with van der Waals surface area (Å²) in [6.45, 7) is 2.58. The summed E-state index contributed by atoms with van der Waals surface area (Å²) in [5.74, 6) is -0.447. The first-order valence-electron chi connectivity index (χ1n) is 6.86. The predicted octanol–water partition coefficient (Wildman–Crippen LogP) is 0.523. The molecule has 0 spiro atoms. The standard InChI is InChI=1S/C15H20N4O2/c16-15(20)12-21-7-6-17-8-14-9-18-19(11-14)10-13-4-2-1-3-5-13/h1-5,9,11,17H,6-8,10,12H2,(H2,16,20). The van der Waals surface area contributed by atoms with Crippen LogP contribution in [0.3, 0.4) is 0 Å². The van der Waals surface area contributed by atoms with Crippen molar-refractivity contribution < 1.29 is 9.53 Å². The van der Waals surface area contributed by atoms with Gasteiger partial charge in [-0.05, 0) is 5.56 Å². The van der Waals surface area contributed by atoms with Gasteiger partial charge in [-0.25, -0.2) is 0 Å². The summed E-state index contributed by atoms with van der Waals surface area (Å²) < 4.78 is 6.97. The molecule has 0 aliphatic heterocycles. The van der Waals surface area contributed by atoms with Gasteiger partial charge < -0.3 is 15.8 Å². The third-order valence-corrected chi connectivity index (χ3v) is 2.87. The number of carbonyl (C=O) groups is 1. The highest BCUT2D eigenvalue weighted by atomic mass is 16.5. The summed E-state index contributed by atoms with van der Waals surface area (Å²) in [5.41, 5.74) is 7.30. The third kappa shape index (κ3) is 5.76. The van der Waals surface area contributed by atoms with Gasteiger partial charge in [0.05, 0.1) is 19.3 Å². The van der Waals surface area contributed by atoms with Crippen LogP contribution in [0.2, 0.25) is 0 Å². The monoisotopic (exact) mass is 288 g/mol. The number of amides is 1. The van der Waals surface area contributed by atoms with Crippen LogP contribution in [-0.4, -0.2) is 35.4 Å². The Hall–Kier alpha value is -2.18. The number of nitrogens with one attached hydrogen (secondary N) is 1. The third-order valence-electron chi connectivity index (χ3n) is 2.87. The normalized spacial score (nSPS) is 10.7. The summed E-state index contributed by atoms with van der Waals surface area (Å²) in [5, 5.41) is 7.56. The molecule has 1 aromatic heterocycles. The van der Waals surface area contributed by atoms with Gasteiger partial charge in [-0.1, -0.05) is 30.3 Å². The number of aromatic nitrogens is 2. The second kappa shape index (κ2) is 8.18. The molecule has 3 N–H and O–H groups in total. The van der Waals surface area contributed by atoms with Crippen LogP contribution in [0.5, 0.6) is 0 Å².